The van der Waals surface area contributed by atoms with E-state index in [0.717, 1.165) is 0 Å². The Bertz CT molecular complexity index is 498. The van der Waals surface area contributed by atoms with Crippen LogP contribution in [-0.2, 0) is 0 Å². The minimum Gasteiger partial charge on any atom is -0.409 e. The topological polar surface area (TPSA) is 101 Å². The first-order valence-corrected chi connectivity index (χ1v) is 6.84. The van der Waals surface area contributed by atoms with Crippen molar-refractivity contribution in [1.29, 1.82) is 0 Å². The zero-order valence-corrected chi connectivity index (χ0v) is 11.5. The van der Waals surface area contributed by atoms with Gasteiger partial charge in [-0.1, -0.05) is 24.9 Å². The van der Waals surface area contributed by atoms with Crippen LogP contribution in [0.2, 0.25) is 0 Å². The molecule has 1 aliphatic rings. The van der Waals surface area contributed by atoms with Crippen LogP contribution in [0, 0.1) is 11.8 Å². The van der Waals surface area contributed by atoms with Crippen molar-refractivity contribution in [2.45, 2.75) is 26.2 Å². The van der Waals surface area contributed by atoms with E-state index in [2.05, 4.69) is 22.4 Å². The molecular formula is C14H20N4O2. The fourth-order valence-electron chi connectivity index (χ4n) is 2.58. The van der Waals surface area contributed by atoms with Crippen LogP contribution >= 0.6 is 0 Å². The molecule has 20 heavy (non-hydrogen) atoms. The molecule has 1 saturated carbocycles. The van der Waals surface area contributed by atoms with E-state index in [1.165, 1.54) is 25.5 Å². The van der Waals surface area contributed by atoms with Crippen molar-refractivity contribution in [2.75, 3.05) is 6.54 Å². The number of amides is 1. The number of oxime groups is 1. The number of rotatable bonds is 4. The summed E-state index contributed by atoms with van der Waals surface area (Å²) in [5.41, 5.74) is 6.25. The highest BCUT2D eigenvalue weighted by Gasteiger charge is 2.23. The standard InChI is InChI=1S/C14H20N4O2/c1-9-3-2-4-10(9)7-17-14(19)12-6-5-11(8-16-12)13(15)18-20/h5-6,8-10,20H,2-4,7H2,1H3,(H2,15,18)(H,17,19). The van der Waals surface area contributed by atoms with Gasteiger partial charge in [-0.3, -0.25) is 9.78 Å². The van der Waals surface area contributed by atoms with Crippen molar-refractivity contribution in [3.05, 3.63) is 29.6 Å². The lowest BCUT2D eigenvalue weighted by Gasteiger charge is -2.15. The molecule has 4 N–H and O–H groups in total. The average Bonchev–Trinajstić information content (AvgIpc) is 2.89. The van der Waals surface area contributed by atoms with Crippen LogP contribution < -0.4 is 11.1 Å². The van der Waals surface area contributed by atoms with Gasteiger partial charge < -0.3 is 16.3 Å². The van der Waals surface area contributed by atoms with Gasteiger partial charge in [0.1, 0.15) is 5.69 Å². The van der Waals surface area contributed by atoms with E-state index >= 15 is 0 Å². The summed E-state index contributed by atoms with van der Waals surface area (Å²) in [5, 5.41) is 14.4. The number of hydrogen-bond donors (Lipinski definition) is 3. The molecule has 2 unspecified atom stereocenters. The fraction of sp³-hybridized carbons (Fsp3) is 0.500. The van der Waals surface area contributed by atoms with Crippen molar-refractivity contribution in [3.63, 3.8) is 0 Å². The van der Waals surface area contributed by atoms with Crippen LogP contribution in [0.15, 0.2) is 23.5 Å². The van der Waals surface area contributed by atoms with E-state index in [4.69, 9.17) is 10.9 Å². The van der Waals surface area contributed by atoms with Gasteiger partial charge in [0.15, 0.2) is 5.84 Å². The summed E-state index contributed by atoms with van der Waals surface area (Å²) in [6, 6.07) is 3.18. The summed E-state index contributed by atoms with van der Waals surface area (Å²) in [7, 11) is 0. The summed E-state index contributed by atoms with van der Waals surface area (Å²) in [6.07, 6.45) is 5.08. The van der Waals surface area contributed by atoms with Crippen LogP contribution in [0.1, 0.15) is 42.2 Å². The fourth-order valence-corrected chi connectivity index (χ4v) is 2.58. The first-order valence-electron chi connectivity index (χ1n) is 6.84. The molecule has 0 aliphatic heterocycles. The molecular weight excluding hydrogens is 256 g/mol. The van der Waals surface area contributed by atoms with Crippen LogP contribution in [0.5, 0.6) is 0 Å². The van der Waals surface area contributed by atoms with Gasteiger partial charge in [0.25, 0.3) is 5.91 Å². The first kappa shape index (κ1) is 14.3. The maximum absolute atomic E-state index is 12.0. The van der Waals surface area contributed by atoms with Gasteiger partial charge >= 0.3 is 0 Å². The Balaban J connectivity index is 1.92. The van der Waals surface area contributed by atoms with Gasteiger partial charge in [0, 0.05) is 18.3 Å². The van der Waals surface area contributed by atoms with Crippen molar-refractivity contribution < 1.29 is 10.0 Å². The first-order chi connectivity index (χ1) is 9.61. The van der Waals surface area contributed by atoms with Crippen molar-refractivity contribution in [3.8, 4) is 0 Å². The predicted octanol–water partition coefficient (Wildman–Crippen LogP) is 1.34. The molecule has 108 valence electrons. The normalized spacial score (nSPS) is 22.8. The molecule has 6 heteroatoms. The Labute approximate surface area is 118 Å². The molecule has 2 rings (SSSR count). The van der Waals surface area contributed by atoms with Crippen LogP contribution in [0.25, 0.3) is 0 Å². The van der Waals surface area contributed by atoms with E-state index in [-0.39, 0.29) is 11.7 Å². The number of nitrogens with one attached hydrogen (secondary N) is 1. The van der Waals surface area contributed by atoms with Crippen LogP contribution in [-0.4, -0.2) is 28.5 Å². The van der Waals surface area contributed by atoms with Gasteiger partial charge in [-0.05, 0) is 30.4 Å². The van der Waals surface area contributed by atoms with Crippen LogP contribution in [0.4, 0.5) is 0 Å². The van der Waals surface area contributed by atoms with Crippen molar-refractivity contribution in [1.82, 2.24) is 10.3 Å². The molecule has 1 fully saturated rings. The largest absolute Gasteiger partial charge is 0.409 e. The Morgan fingerprint density at radius 1 is 1.55 bits per heavy atom. The predicted molar refractivity (Wildman–Crippen MR) is 75.6 cm³/mol. The molecule has 1 aromatic heterocycles. The highest BCUT2D eigenvalue weighted by atomic mass is 16.4. The molecule has 1 aliphatic carbocycles. The van der Waals surface area contributed by atoms with Crippen molar-refractivity contribution >= 4 is 11.7 Å². The number of pyridine rings is 1. The third kappa shape index (κ3) is 3.26. The molecule has 6 nitrogen and oxygen atoms in total. The number of hydrogen-bond acceptors (Lipinski definition) is 4. The van der Waals surface area contributed by atoms with Gasteiger partial charge in [0.2, 0.25) is 0 Å². The minimum atomic E-state index is -0.185. The monoisotopic (exact) mass is 276 g/mol. The highest BCUT2D eigenvalue weighted by molar-refractivity contribution is 5.98. The zero-order valence-electron chi connectivity index (χ0n) is 11.5. The van der Waals surface area contributed by atoms with Gasteiger partial charge in [0.05, 0.1) is 0 Å². The Hall–Kier alpha value is -2.11. The lowest BCUT2D eigenvalue weighted by atomic mass is 9.98. The molecule has 0 bridgehead atoms. The van der Waals surface area contributed by atoms with E-state index in [9.17, 15) is 4.79 Å². The molecule has 2 atom stereocenters. The Kier molecular flexibility index (Phi) is 4.55. The summed E-state index contributed by atoms with van der Waals surface area (Å²) >= 11 is 0. The SMILES string of the molecule is CC1CCCC1CNC(=O)c1ccc(/C(N)=N/O)cn1. The summed E-state index contributed by atoms with van der Waals surface area (Å²) in [5.74, 6) is 1.03. The van der Waals surface area contributed by atoms with E-state index in [1.54, 1.807) is 12.1 Å². The maximum Gasteiger partial charge on any atom is 0.269 e. The second-order valence-electron chi connectivity index (χ2n) is 5.30. The molecule has 1 amide bonds. The van der Waals surface area contributed by atoms with Gasteiger partial charge in [-0.15, -0.1) is 0 Å². The van der Waals surface area contributed by atoms with E-state index in [1.807, 2.05) is 0 Å². The average molecular weight is 276 g/mol. The summed E-state index contributed by atoms with van der Waals surface area (Å²) in [4.78, 5) is 16.0. The third-order valence-corrected chi connectivity index (χ3v) is 3.96. The quantitative estimate of drug-likeness (QED) is 0.334. The number of nitrogens with two attached hydrogens (primary N) is 1. The smallest absolute Gasteiger partial charge is 0.269 e. The summed E-state index contributed by atoms with van der Waals surface area (Å²) < 4.78 is 0. The molecule has 0 radical (unpaired) electrons. The second-order valence-corrected chi connectivity index (χ2v) is 5.30. The highest BCUT2D eigenvalue weighted by Crippen LogP contribution is 2.30. The van der Waals surface area contributed by atoms with Crippen molar-refractivity contribution in [2.24, 2.45) is 22.7 Å². The maximum atomic E-state index is 12.0. The Morgan fingerprint density at radius 2 is 2.35 bits per heavy atom. The molecule has 0 saturated heterocycles. The van der Waals surface area contributed by atoms with E-state index in [0.29, 0.717) is 29.6 Å². The molecule has 0 aromatic carbocycles. The van der Waals surface area contributed by atoms with Crippen LogP contribution in [0.3, 0.4) is 0 Å². The number of nitrogens with zero attached hydrogens (tertiary/aromatic N) is 2. The lowest BCUT2D eigenvalue weighted by Crippen LogP contribution is -2.30. The third-order valence-electron chi connectivity index (χ3n) is 3.96. The Morgan fingerprint density at radius 3 is 2.90 bits per heavy atom. The molecule has 0 spiro atoms. The zero-order chi connectivity index (χ0) is 14.5. The van der Waals surface area contributed by atoms with Gasteiger partial charge in [-0.2, -0.15) is 0 Å². The summed E-state index contributed by atoms with van der Waals surface area (Å²) in [6.45, 7) is 2.93. The second kappa shape index (κ2) is 6.36. The molecule has 1 heterocycles. The number of aromatic nitrogens is 1. The number of carbonyl (C=O) groups is 1. The minimum absolute atomic E-state index is 0.0239. The van der Waals surface area contributed by atoms with E-state index < -0.39 is 0 Å². The number of carbonyl (C=O) groups excluding carboxylic acids is 1. The number of amidine groups is 1. The van der Waals surface area contributed by atoms with Gasteiger partial charge in [-0.25, -0.2) is 0 Å². The lowest BCUT2D eigenvalue weighted by molar-refractivity contribution is 0.0939. The molecule has 1 aromatic rings.